The third kappa shape index (κ3) is 8.26. The lowest BCUT2D eigenvalue weighted by molar-refractivity contribution is -0.0316. The first kappa shape index (κ1) is 19.9. The van der Waals surface area contributed by atoms with Crippen molar-refractivity contribution >= 4 is 0 Å². The van der Waals surface area contributed by atoms with Gasteiger partial charge in [0.2, 0.25) is 0 Å². The van der Waals surface area contributed by atoms with Crippen molar-refractivity contribution in [2.45, 2.75) is 104 Å². The third-order valence-electron chi connectivity index (χ3n) is 4.64. The minimum atomic E-state index is -0.0165. The number of hydrogen-bond acceptors (Lipinski definition) is 2. The van der Waals surface area contributed by atoms with Crippen LogP contribution in [0.15, 0.2) is 0 Å². The zero-order chi connectivity index (χ0) is 15.3. The van der Waals surface area contributed by atoms with Gasteiger partial charge >= 0.3 is 0 Å². The predicted octanol–water partition coefficient (Wildman–Crippen LogP) is 5.31. The molecular weight excluding hydrogens is 246 g/mol. The van der Waals surface area contributed by atoms with E-state index in [0.29, 0.717) is 6.04 Å². The fourth-order valence-corrected chi connectivity index (χ4v) is 2.78. The molecule has 0 aromatic rings. The van der Waals surface area contributed by atoms with Gasteiger partial charge in [-0.1, -0.05) is 65.7 Å². The average molecular weight is 286 g/mol. The first-order valence-electron chi connectivity index (χ1n) is 8.93. The molecule has 0 aromatic carbocycles. The predicted molar refractivity (Wildman–Crippen MR) is 90.4 cm³/mol. The Bertz CT molecular complexity index is 202. The van der Waals surface area contributed by atoms with Gasteiger partial charge in [0.05, 0.1) is 5.60 Å². The van der Waals surface area contributed by atoms with E-state index in [1.807, 2.05) is 7.11 Å². The molecule has 0 amide bonds. The lowest BCUT2D eigenvalue weighted by Gasteiger charge is -2.36. The maximum absolute atomic E-state index is 5.79. The molecule has 2 atom stereocenters. The van der Waals surface area contributed by atoms with Gasteiger partial charge in [-0.2, -0.15) is 0 Å². The van der Waals surface area contributed by atoms with Gasteiger partial charge in [0.1, 0.15) is 0 Å². The summed E-state index contributed by atoms with van der Waals surface area (Å²) in [4.78, 5) is 0. The van der Waals surface area contributed by atoms with Gasteiger partial charge in [-0.25, -0.2) is 0 Å². The Kier molecular flexibility index (Phi) is 12.6. The lowest BCUT2D eigenvalue weighted by atomic mass is 9.88. The molecule has 0 bridgehead atoms. The highest BCUT2D eigenvalue weighted by molar-refractivity contribution is 4.88. The second-order valence-electron chi connectivity index (χ2n) is 6.29. The van der Waals surface area contributed by atoms with E-state index in [1.165, 1.54) is 57.8 Å². The molecule has 0 heterocycles. The van der Waals surface area contributed by atoms with Crippen LogP contribution in [0.1, 0.15) is 91.9 Å². The van der Waals surface area contributed by atoms with E-state index in [2.05, 4.69) is 33.0 Å². The molecule has 0 saturated heterocycles. The van der Waals surface area contributed by atoms with E-state index >= 15 is 0 Å². The van der Waals surface area contributed by atoms with Gasteiger partial charge in [0, 0.05) is 13.2 Å². The van der Waals surface area contributed by atoms with Crippen molar-refractivity contribution < 1.29 is 4.74 Å². The van der Waals surface area contributed by atoms with Gasteiger partial charge in [-0.15, -0.1) is 0 Å². The minimum Gasteiger partial charge on any atom is -0.377 e. The number of ether oxygens (including phenoxy) is 1. The summed E-state index contributed by atoms with van der Waals surface area (Å²) in [6.07, 6.45) is 13.2. The van der Waals surface area contributed by atoms with Crippen molar-refractivity contribution in [1.29, 1.82) is 0 Å². The standard InChI is InChI=1S/C18H39NO/c1-6-9-10-11-12-13-14-15-17(19-16-7-2)18(4,8-3)20-5/h17,19H,6-16H2,1-5H3. The normalized spacial score (nSPS) is 16.1. The summed E-state index contributed by atoms with van der Waals surface area (Å²) in [6, 6.07) is 0.494. The van der Waals surface area contributed by atoms with E-state index in [9.17, 15) is 0 Å². The third-order valence-corrected chi connectivity index (χ3v) is 4.64. The molecule has 0 saturated carbocycles. The van der Waals surface area contributed by atoms with Crippen molar-refractivity contribution in [3.63, 3.8) is 0 Å². The van der Waals surface area contributed by atoms with Gasteiger partial charge in [-0.05, 0) is 32.7 Å². The van der Waals surface area contributed by atoms with Crippen molar-refractivity contribution in [2.75, 3.05) is 13.7 Å². The van der Waals surface area contributed by atoms with Gasteiger partial charge in [0.15, 0.2) is 0 Å². The van der Waals surface area contributed by atoms with Crippen LogP contribution in [-0.2, 0) is 4.74 Å². The van der Waals surface area contributed by atoms with Crippen molar-refractivity contribution in [2.24, 2.45) is 0 Å². The first-order chi connectivity index (χ1) is 9.64. The topological polar surface area (TPSA) is 21.3 Å². The molecule has 2 unspecified atom stereocenters. The molecule has 0 radical (unpaired) electrons. The SMILES string of the molecule is CCCCCCCCCC(NCCC)C(C)(CC)OC. The molecule has 0 aliphatic carbocycles. The van der Waals surface area contributed by atoms with Crippen LogP contribution in [0.5, 0.6) is 0 Å². The molecule has 122 valence electrons. The molecule has 0 aliphatic heterocycles. The largest absolute Gasteiger partial charge is 0.377 e. The zero-order valence-electron chi connectivity index (χ0n) is 14.8. The van der Waals surface area contributed by atoms with Crippen LogP contribution in [0.25, 0.3) is 0 Å². The zero-order valence-corrected chi connectivity index (χ0v) is 14.8. The summed E-state index contributed by atoms with van der Waals surface area (Å²) in [6.45, 7) is 10.1. The van der Waals surface area contributed by atoms with Crippen LogP contribution in [-0.4, -0.2) is 25.3 Å². The van der Waals surface area contributed by atoms with Crippen LogP contribution >= 0.6 is 0 Å². The number of unbranched alkanes of at least 4 members (excludes halogenated alkanes) is 6. The van der Waals surface area contributed by atoms with Gasteiger partial charge in [-0.3, -0.25) is 0 Å². The van der Waals surface area contributed by atoms with Gasteiger partial charge < -0.3 is 10.1 Å². The summed E-state index contributed by atoms with van der Waals surface area (Å²) < 4.78 is 5.79. The van der Waals surface area contributed by atoms with Crippen molar-refractivity contribution in [3.8, 4) is 0 Å². The molecule has 1 N–H and O–H groups in total. The highest BCUT2D eigenvalue weighted by Crippen LogP contribution is 2.23. The van der Waals surface area contributed by atoms with Crippen molar-refractivity contribution in [3.05, 3.63) is 0 Å². The van der Waals surface area contributed by atoms with Crippen molar-refractivity contribution in [1.82, 2.24) is 5.32 Å². The van der Waals surface area contributed by atoms with Gasteiger partial charge in [0.25, 0.3) is 0 Å². The van der Waals surface area contributed by atoms with E-state index in [4.69, 9.17) is 4.74 Å². The Morgan fingerprint density at radius 1 is 0.900 bits per heavy atom. The fourth-order valence-electron chi connectivity index (χ4n) is 2.78. The smallest absolute Gasteiger partial charge is 0.0800 e. The Balaban J connectivity index is 3.98. The monoisotopic (exact) mass is 285 g/mol. The number of hydrogen-bond donors (Lipinski definition) is 1. The van der Waals surface area contributed by atoms with E-state index in [1.54, 1.807) is 0 Å². The number of rotatable bonds is 14. The Labute approximate surface area is 128 Å². The first-order valence-corrected chi connectivity index (χ1v) is 8.93. The molecule has 2 nitrogen and oxygen atoms in total. The molecule has 0 fully saturated rings. The fraction of sp³-hybridized carbons (Fsp3) is 1.00. The Morgan fingerprint density at radius 2 is 1.50 bits per heavy atom. The quantitative estimate of drug-likeness (QED) is 0.437. The summed E-state index contributed by atoms with van der Waals surface area (Å²) in [5.41, 5.74) is -0.0165. The van der Waals surface area contributed by atoms with E-state index < -0.39 is 0 Å². The highest BCUT2D eigenvalue weighted by atomic mass is 16.5. The second-order valence-corrected chi connectivity index (χ2v) is 6.29. The highest BCUT2D eigenvalue weighted by Gasteiger charge is 2.31. The summed E-state index contributed by atoms with van der Waals surface area (Å²) in [5.74, 6) is 0. The lowest BCUT2D eigenvalue weighted by Crippen LogP contribution is -2.50. The van der Waals surface area contributed by atoms with Crippen LogP contribution in [0.4, 0.5) is 0 Å². The van der Waals surface area contributed by atoms with Crippen LogP contribution in [0.2, 0.25) is 0 Å². The average Bonchev–Trinajstić information content (AvgIpc) is 2.48. The number of methoxy groups -OCH3 is 1. The molecule has 0 rings (SSSR count). The summed E-state index contributed by atoms with van der Waals surface area (Å²) >= 11 is 0. The van der Waals surface area contributed by atoms with E-state index in [0.717, 1.165) is 13.0 Å². The molecule has 0 aliphatic rings. The van der Waals surface area contributed by atoms with E-state index in [-0.39, 0.29) is 5.60 Å². The number of nitrogens with one attached hydrogen (secondary N) is 1. The minimum absolute atomic E-state index is 0.0165. The second kappa shape index (κ2) is 12.6. The van der Waals surface area contributed by atoms with Crippen LogP contribution < -0.4 is 5.32 Å². The maximum atomic E-state index is 5.79. The maximum Gasteiger partial charge on any atom is 0.0800 e. The molecule has 2 heteroatoms. The molecule has 0 aromatic heterocycles. The molecular formula is C18H39NO. The summed E-state index contributed by atoms with van der Waals surface area (Å²) in [5, 5.41) is 3.70. The Hall–Kier alpha value is -0.0800. The summed E-state index contributed by atoms with van der Waals surface area (Å²) in [7, 11) is 1.86. The Morgan fingerprint density at radius 3 is 2.00 bits per heavy atom. The molecule has 20 heavy (non-hydrogen) atoms. The van der Waals surface area contributed by atoms with Crippen LogP contribution in [0.3, 0.4) is 0 Å². The molecule has 0 spiro atoms. The van der Waals surface area contributed by atoms with Crippen LogP contribution in [0, 0.1) is 0 Å².